The topological polar surface area (TPSA) is 101 Å². The van der Waals surface area contributed by atoms with Crippen LogP contribution in [0.5, 0.6) is 5.75 Å². The van der Waals surface area contributed by atoms with E-state index in [1.165, 1.54) is 6.33 Å². The Morgan fingerprint density at radius 1 is 1.04 bits per heavy atom. The van der Waals surface area contributed by atoms with E-state index in [1.807, 2.05) is 30.3 Å². The van der Waals surface area contributed by atoms with Crippen molar-refractivity contribution < 1.29 is 9.90 Å². The lowest BCUT2D eigenvalue weighted by Crippen LogP contribution is -2.01. The zero-order chi connectivity index (χ0) is 18.5. The van der Waals surface area contributed by atoms with Gasteiger partial charge < -0.3 is 5.11 Å². The highest BCUT2D eigenvalue weighted by Gasteiger charge is 2.12. The minimum absolute atomic E-state index is 0.0147. The second kappa shape index (κ2) is 7.83. The van der Waals surface area contributed by atoms with E-state index < -0.39 is 0 Å². The van der Waals surface area contributed by atoms with Gasteiger partial charge in [-0.2, -0.15) is 9.97 Å². The van der Waals surface area contributed by atoms with Gasteiger partial charge in [-0.1, -0.05) is 18.2 Å². The zero-order valence-electron chi connectivity index (χ0n) is 14.1. The first kappa shape index (κ1) is 17.7. The maximum Gasteiger partial charge on any atom is 0.272 e. The predicted octanol–water partition coefficient (Wildman–Crippen LogP) is 4.54. The second-order valence-corrected chi connectivity index (χ2v) is 6.49. The van der Waals surface area contributed by atoms with Gasteiger partial charge in [0.1, 0.15) is 12.1 Å². The highest BCUT2D eigenvalue weighted by molar-refractivity contribution is 8.14. The van der Waals surface area contributed by atoms with Crippen molar-refractivity contribution in [2.75, 3.05) is 0 Å². The maximum absolute atomic E-state index is 12.3. The normalized spacial score (nSPS) is 11.0. The van der Waals surface area contributed by atoms with E-state index in [0.29, 0.717) is 16.8 Å². The van der Waals surface area contributed by atoms with E-state index in [1.54, 1.807) is 26.0 Å². The van der Waals surface area contributed by atoms with Gasteiger partial charge in [0.2, 0.25) is 5.82 Å². The number of carbonyl (C=O) groups excluding carboxylic acids is 1. The number of hydrogen-bond acceptors (Lipinski definition) is 8. The van der Waals surface area contributed by atoms with Crippen LogP contribution in [-0.4, -0.2) is 25.2 Å². The van der Waals surface area contributed by atoms with Crippen LogP contribution in [0.15, 0.2) is 63.9 Å². The van der Waals surface area contributed by atoms with Crippen LogP contribution in [0.1, 0.15) is 21.7 Å². The van der Waals surface area contributed by atoms with E-state index in [0.717, 1.165) is 16.7 Å². The average Bonchev–Trinajstić information content (AvgIpc) is 2.65. The van der Waals surface area contributed by atoms with Crippen molar-refractivity contribution in [1.29, 1.82) is 0 Å². The highest BCUT2D eigenvalue weighted by Crippen LogP contribution is 2.28. The number of aromatic hydroxyl groups is 1. The highest BCUT2D eigenvalue weighted by atomic mass is 32.2. The number of aryl methyl sites for hydroxylation is 2. The fourth-order valence-electron chi connectivity index (χ4n) is 2.17. The van der Waals surface area contributed by atoms with Crippen LogP contribution in [-0.2, 0) is 0 Å². The molecule has 0 aliphatic rings. The molecule has 0 unspecified atom stereocenters. The SMILES string of the molecule is Cc1cc(N=Nc2ncnc(C(=O)Sc3ccccc3)n2)cc(C)c1O. The molecule has 8 heteroatoms. The molecule has 0 saturated heterocycles. The Morgan fingerprint density at radius 2 is 1.73 bits per heavy atom. The Balaban J connectivity index is 1.78. The minimum atomic E-state index is -0.300. The van der Waals surface area contributed by atoms with Crippen LogP contribution in [0.4, 0.5) is 11.6 Å². The van der Waals surface area contributed by atoms with Crippen LogP contribution in [0.25, 0.3) is 0 Å². The molecule has 0 saturated carbocycles. The summed E-state index contributed by atoms with van der Waals surface area (Å²) in [7, 11) is 0. The molecule has 3 rings (SSSR count). The molecule has 1 N–H and O–H groups in total. The molecule has 26 heavy (non-hydrogen) atoms. The van der Waals surface area contributed by atoms with E-state index >= 15 is 0 Å². The lowest BCUT2D eigenvalue weighted by molar-refractivity contribution is 0.108. The number of thioether (sulfide) groups is 1. The Morgan fingerprint density at radius 3 is 2.42 bits per heavy atom. The molecule has 130 valence electrons. The van der Waals surface area contributed by atoms with Crippen molar-refractivity contribution in [3.63, 3.8) is 0 Å². The summed E-state index contributed by atoms with van der Waals surface area (Å²) in [5.74, 6) is 0.288. The number of benzene rings is 2. The monoisotopic (exact) mass is 365 g/mol. The first-order chi connectivity index (χ1) is 12.5. The van der Waals surface area contributed by atoms with Gasteiger partial charge >= 0.3 is 0 Å². The zero-order valence-corrected chi connectivity index (χ0v) is 14.9. The summed E-state index contributed by atoms with van der Waals surface area (Å²) in [5.41, 5.74) is 1.96. The largest absolute Gasteiger partial charge is 0.507 e. The van der Waals surface area contributed by atoms with Gasteiger partial charge in [0.15, 0.2) is 0 Å². The number of nitrogens with zero attached hydrogens (tertiary/aromatic N) is 5. The molecule has 0 radical (unpaired) electrons. The number of azo groups is 1. The van der Waals surface area contributed by atoms with Gasteiger partial charge in [0.25, 0.3) is 11.1 Å². The van der Waals surface area contributed by atoms with Crippen LogP contribution in [0, 0.1) is 13.8 Å². The fraction of sp³-hybridized carbons (Fsp3) is 0.111. The van der Waals surface area contributed by atoms with Crippen molar-refractivity contribution in [3.05, 3.63) is 65.7 Å². The Hall–Kier alpha value is -3.13. The summed E-state index contributed by atoms with van der Waals surface area (Å²) in [4.78, 5) is 24.9. The van der Waals surface area contributed by atoms with Crippen LogP contribution in [0.2, 0.25) is 0 Å². The molecule has 0 aliphatic heterocycles. The maximum atomic E-state index is 12.3. The van der Waals surface area contributed by atoms with Gasteiger partial charge in [-0.3, -0.25) is 4.79 Å². The van der Waals surface area contributed by atoms with E-state index in [4.69, 9.17) is 0 Å². The van der Waals surface area contributed by atoms with Gasteiger partial charge in [0, 0.05) is 4.90 Å². The molecular formula is C18H15N5O2S. The Labute approximate surface area is 154 Å². The molecule has 0 bridgehead atoms. The van der Waals surface area contributed by atoms with Crippen molar-refractivity contribution in [2.45, 2.75) is 18.7 Å². The molecular weight excluding hydrogens is 350 g/mol. The van der Waals surface area contributed by atoms with Gasteiger partial charge in [-0.05, 0) is 61.0 Å². The molecule has 0 aliphatic carbocycles. The minimum Gasteiger partial charge on any atom is -0.507 e. The van der Waals surface area contributed by atoms with Gasteiger partial charge in [0.05, 0.1) is 5.69 Å². The predicted molar refractivity (Wildman–Crippen MR) is 98.2 cm³/mol. The number of phenolic OH excluding ortho intramolecular Hbond substituents is 1. The molecule has 1 aromatic heterocycles. The molecule has 2 aromatic carbocycles. The summed E-state index contributed by atoms with van der Waals surface area (Å²) < 4.78 is 0. The third-order valence-electron chi connectivity index (χ3n) is 3.43. The molecule has 3 aromatic rings. The average molecular weight is 365 g/mol. The number of rotatable bonds is 4. The van der Waals surface area contributed by atoms with Crippen molar-refractivity contribution in [3.8, 4) is 5.75 Å². The second-order valence-electron chi connectivity index (χ2n) is 5.44. The number of aromatic nitrogens is 3. The third kappa shape index (κ3) is 4.28. The molecule has 7 nitrogen and oxygen atoms in total. The fourth-order valence-corrected chi connectivity index (χ4v) is 2.87. The van der Waals surface area contributed by atoms with Crippen LogP contribution < -0.4 is 0 Å². The van der Waals surface area contributed by atoms with E-state index in [-0.39, 0.29) is 22.6 Å². The quantitative estimate of drug-likeness (QED) is 0.538. The summed E-state index contributed by atoms with van der Waals surface area (Å²) >= 11 is 1.03. The van der Waals surface area contributed by atoms with Crippen molar-refractivity contribution in [1.82, 2.24) is 15.0 Å². The number of carbonyl (C=O) groups is 1. The van der Waals surface area contributed by atoms with Crippen molar-refractivity contribution in [2.24, 2.45) is 10.2 Å². The van der Waals surface area contributed by atoms with Crippen LogP contribution in [0.3, 0.4) is 0 Å². The van der Waals surface area contributed by atoms with E-state index in [2.05, 4.69) is 25.2 Å². The summed E-state index contributed by atoms with van der Waals surface area (Å²) in [5, 5.41) is 17.5. The number of phenols is 1. The third-order valence-corrected chi connectivity index (χ3v) is 4.30. The summed E-state index contributed by atoms with van der Waals surface area (Å²) in [6, 6.07) is 12.6. The van der Waals surface area contributed by atoms with Crippen molar-refractivity contribution >= 4 is 28.5 Å². The Bertz CT molecular complexity index is 953. The smallest absolute Gasteiger partial charge is 0.272 e. The first-order valence-electron chi connectivity index (χ1n) is 7.71. The molecule has 0 atom stereocenters. The van der Waals surface area contributed by atoms with Gasteiger partial charge in [-0.15, -0.1) is 10.2 Å². The van der Waals surface area contributed by atoms with E-state index in [9.17, 15) is 9.90 Å². The standard InChI is InChI=1S/C18H15N5O2S/c1-11-8-13(9-12(2)15(11)24)22-23-18-20-10-19-16(21-18)17(25)26-14-6-4-3-5-7-14/h3-10,24H,1-2H3. The lowest BCUT2D eigenvalue weighted by atomic mass is 10.1. The summed E-state index contributed by atoms with van der Waals surface area (Å²) in [6.07, 6.45) is 1.23. The van der Waals surface area contributed by atoms with Crippen LogP contribution >= 0.6 is 11.8 Å². The molecule has 0 spiro atoms. The Kier molecular flexibility index (Phi) is 5.33. The molecule has 0 fully saturated rings. The molecule has 1 heterocycles. The van der Waals surface area contributed by atoms with Gasteiger partial charge in [-0.25, -0.2) is 4.98 Å². The first-order valence-corrected chi connectivity index (χ1v) is 8.53. The number of hydrogen-bond donors (Lipinski definition) is 1. The summed E-state index contributed by atoms with van der Waals surface area (Å²) in [6.45, 7) is 3.56. The lowest BCUT2D eigenvalue weighted by Gasteiger charge is -2.03. The molecule has 0 amide bonds.